The Kier molecular flexibility index (Phi) is 7.76. The normalized spacial score (nSPS) is 14.5. The lowest BCUT2D eigenvalue weighted by atomic mass is 10.1. The van der Waals surface area contributed by atoms with Crippen LogP contribution in [0.2, 0.25) is 0 Å². The molecule has 0 bridgehead atoms. The van der Waals surface area contributed by atoms with Crippen molar-refractivity contribution >= 4 is 5.91 Å². The van der Waals surface area contributed by atoms with Crippen LogP contribution in [-0.4, -0.2) is 68.3 Å². The predicted molar refractivity (Wildman–Crippen MR) is 113 cm³/mol. The first-order chi connectivity index (χ1) is 14.2. The van der Waals surface area contributed by atoms with Gasteiger partial charge in [0.1, 0.15) is 19.0 Å². The Balaban J connectivity index is 1.58. The fourth-order valence-electron chi connectivity index (χ4n) is 3.31. The number of amides is 1. The van der Waals surface area contributed by atoms with Gasteiger partial charge in [0.05, 0.1) is 6.61 Å². The Morgan fingerprint density at radius 3 is 2.28 bits per heavy atom. The molecular weight excluding hydrogens is 368 g/mol. The summed E-state index contributed by atoms with van der Waals surface area (Å²) in [5.74, 6) is 2.06. The Morgan fingerprint density at radius 2 is 1.59 bits per heavy atom. The van der Waals surface area contributed by atoms with Crippen LogP contribution in [0.1, 0.15) is 24.2 Å². The summed E-state index contributed by atoms with van der Waals surface area (Å²) >= 11 is 0. The summed E-state index contributed by atoms with van der Waals surface area (Å²) in [5, 5.41) is 0. The molecule has 0 radical (unpaired) electrons. The largest absolute Gasteiger partial charge is 0.490 e. The highest BCUT2D eigenvalue weighted by Crippen LogP contribution is 2.29. The second-order valence-corrected chi connectivity index (χ2v) is 6.83. The van der Waals surface area contributed by atoms with Crippen LogP contribution in [0.25, 0.3) is 0 Å². The van der Waals surface area contributed by atoms with Gasteiger partial charge in [0.2, 0.25) is 0 Å². The average molecular weight is 399 g/mol. The van der Waals surface area contributed by atoms with Crippen molar-refractivity contribution in [2.24, 2.45) is 0 Å². The Morgan fingerprint density at radius 1 is 0.862 bits per heavy atom. The van der Waals surface area contributed by atoms with Crippen LogP contribution < -0.4 is 14.2 Å². The van der Waals surface area contributed by atoms with E-state index in [1.54, 1.807) is 6.07 Å². The Bertz CT molecular complexity index is 774. The van der Waals surface area contributed by atoms with E-state index in [2.05, 4.69) is 11.8 Å². The SMILES string of the molecule is CCOc1cc(C(=O)N2CCN(CC)CC2)ccc1OCCOc1ccccc1. The molecule has 1 amide bonds. The van der Waals surface area contributed by atoms with Gasteiger partial charge in [-0.3, -0.25) is 4.79 Å². The van der Waals surface area contributed by atoms with Gasteiger partial charge in [-0.25, -0.2) is 0 Å². The quantitative estimate of drug-likeness (QED) is 0.607. The molecule has 1 aliphatic heterocycles. The molecule has 0 atom stereocenters. The third kappa shape index (κ3) is 5.87. The first-order valence-electron chi connectivity index (χ1n) is 10.3. The third-order valence-corrected chi connectivity index (χ3v) is 4.95. The molecule has 1 heterocycles. The van der Waals surface area contributed by atoms with Crippen molar-refractivity contribution in [3.8, 4) is 17.2 Å². The van der Waals surface area contributed by atoms with Gasteiger partial charge in [-0.05, 0) is 43.8 Å². The second kappa shape index (κ2) is 10.7. The molecule has 0 unspecified atom stereocenters. The van der Waals surface area contributed by atoms with Gasteiger partial charge >= 0.3 is 0 Å². The van der Waals surface area contributed by atoms with E-state index in [4.69, 9.17) is 14.2 Å². The Hall–Kier alpha value is -2.73. The van der Waals surface area contributed by atoms with E-state index in [1.165, 1.54) is 0 Å². The zero-order chi connectivity index (χ0) is 20.5. The van der Waals surface area contributed by atoms with Gasteiger partial charge in [-0.15, -0.1) is 0 Å². The van der Waals surface area contributed by atoms with Crippen LogP contribution >= 0.6 is 0 Å². The Labute approximate surface area is 173 Å². The number of carbonyl (C=O) groups is 1. The second-order valence-electron chi connectivity index (χ2n) is 6.83. The number of rotatable bonds is 9. The van der Waals surface area contributed by atoms with E-state index in [0.717, 1.165) is 38.5 Å². The zero-order valence-corrected chi connectivity index (χ0v) is 17.3. The van der Waals surface area contributed by atoms with Crippen molar-refractivity contribution in [2.45, 2.75) is 13.8 Å². The van der Waals surface area contributed by atoms with Crippen LogP contribution in [0.5, 0.6) is 17.2 Å². The fraction of sp³-hybridized carbons (Fsp3) is 0.435. The lowest BCUT2D eigenvalue weighted by Gasteiger charge is -2.34. The summed E-state index contributed by atoms with van der Waals surface area (Å²) in [6, 6.07) is 15.0. The smallest absolute Gasteiger partial charge is 0.254 e. The van der Waals surface area contributed by atoms with Crippen molar-refractivity contribution in [2.75, 3.05) is 52.5 Å². The first-order valence-corrected chi connectivity index (χ1v) is 10.3. The molecule has 0 spiro atoms. The summed E-state index contributed by atoms with van der Waals surface area (Å²) in [6.45, 7) is 9.76. The number of benzene rings is 2. The maximum Gasteiger partial charge on any atom is 0.254 e. The summed E-state index contributed by atoms with van der Waals surface area (Å²) < 4.78 is 17.2. The van der Waals surface area contributed by atoms with Crippen LogP contribution in [-0.2, 0) is 0 Å². The van der Waals surface area contributed by atoms with Gasteiger partial charge in [-0.1, -0.05) is 25.1 Å². The monoisotopic (exact) mass is 398 g/mol. The van der Waals surface area contributed by atoms with Crippen LogP contribution in [0.3, 0.4) is 0 Å². The number of nitrogens with zero attached hydrogens (tertiary/aromatic N) is 2. The van der Waals surface area contributed by atoms with Gasteiger partial charge in [-0.2, -0.15) is 0 Å². The van der Waals surface area contributed by atoms with Crippen molar-refractivity contribution < 1.29 is 19.0 Å². The van der Waals surface area contributed by atoms with Crippen LogP contribution in [0, 0.1) is 0 Å². The summed E-state index contributed by atoms with van der Waals surface area (Å²) in [5.41, 5.74) is 0.631. The highest BCUT2D eigenvalue weighted by Gasteiger charge is 2.22. The molecule has 1 saturated heterocycles. The molecule has 1 fully saturated rings. The first kappa shape index (κ1) is 21.0. The number of hydrogen-bond donors (Lipinski definition) is 0. The zero-order valence-electron chi connectivity index (χ0n) is 17.3. The van der Waals surface area contributed by atoms with E-state index >= 15 is 0 Å². The molecular formula is C23H30N2O4. The summed E-state index contributed by atoms with van der Waals surface area (Å²) in [6.07, 6.45) is 0. The molecule has 0 N–H and O–H groups in total. The molecule has 0 aliphatic carbocycles. The number of para-hydroxylation sites is 1. The minimum absolute atomic E-state index is 0.0423. The molecule has 156 valence electrons. The highest BCUT2D eigenvalue weighted by atomic mass is 16.5. The predicted octanol–water partition coefficient (Wildman–Crippen LogP) is 3.32. The molecule has 2 aromatic rings. The van der Waals surface area contributed by atoms with E-state index in [1.807, 2.05) is 54.3 Å². The topological polar surface area (TPSA) is 51.2 Å². The van der Waals surface area contributed by atoms with E-state index in [9.17, 15) is 4.79 Å². The lowest BCUT2D eigenvalue weighted by molar-refractivity contribution is 0.0643. The van der Waals surface area contributed by atoms with E-state index in [0.29, 0.717) is 36.9 Å². The van der Waals surface area contributed by atoms with Crippen molar-refractivity contribution in [1.29, 1.82) is 0 Å². The van der Waals surface area contributed by atoms with Gasteiger partial charge < -0.3 is 24.0 Å². The van der Waals surface area contributed by atoms with Crippen molar-refractivity contribution in [3.63, 3.8) is 0 Å². The van der Waals surface area contributed by atoms with E-state index in [-0.39, 0.29) is 5.91 Å². The van der Waals surface area contributed by atoms with Gasteiger partial charge in [0.25, 0.3) is 5.91 Å². The molecule has 0 saturated carbocycles. The number of carbonyl (C=O) groups excluding carboxylic acids is 1. The fourth-order valence-corrected chi connectivity index (χ4v) is 3.31. The van der Waals surface area contributed by atoms with Gasteiger partial charge in [0.15, 0.2) is 11.5 Å². The summed E-state index contributed by atoms with van der Waals surface area (Å²) in [7, 11) is 0. The van der Waals surface area contributed by atoms with Gasteiger partial charge in [0, 0.05) is 31.7 Å². The maximum absolute atomic E-state index is 12.9. The molecule has 1 aliphatic rings. The van der Waals surface area contributed by atoms with Crippen molar-refractivity contribution in [1.82, 2.24) is 9.80 Å². The minimum Gasteiger partial charge on any atom is -0.490 e. The number of piperazine rings is 1. The third-order valence-electron chi connectivity index (χ3n) is 4.95. The average Bonchev–Trinajstić information content (AvgIpc) is 2.78. The van der Waals surface area contributed by atoms with Crippen LogP contribution in [0.15, 0.2) is 48.5 Å². The molecule has 29 heavy (non-hydrogen) atoms. The number of hydrogen-bond acceptors (Lipinski definition) is 5. The molecule has 0 aromatic heterocycles. The lowest BCUT2D eigenvalue weighted by Crippen LogP contribution is -2.48. The summed E-state index contributed by atoms with van der Waals surface area (Å²) in [4.78, 5) is 17.1. The number of likely N-dealkylation sites (N-methyl/N-ethyl adjacent to an activating group) is 1. The highest BCUT2D eigenvalue weighted by molar-refractivity contribution is 5.95. The molecule has 6 nitrogen and oxygen atoms in total. The molecule has 3 rings (SSSR count). The maximum atomic E-state index is 12.9. The number of ether oxygens (including phenoxy) is 3. The molecule has 6 heteroatoms. The molecule has 2 aromatic carbocycles. The minimum atomic E-state index is 0.0423. The van der Waals surface area contributed by atoms with Crippen LogP contribution in [0.4, 0.5) is 0 Å². The van der Waals surface area contributed by atoms with E-state index < -0.39 is 0 Å². The van der Waals surface area contributed by atoms with Crippen molar-refractivity contribution in [3.05, 3.63) is 54.1 Å². The standard InChI is InChI=1S/C23H30N2O4/c1-3-24-12-14-25(15-13-24)23(26)19-10-11-21(22(18-19)27-4-2)29-17-16-28-20-8-6-5-7-9-20/h5-11,18H,3-4,12-17H2,1-2H3.